The Morgan fingerprint density at radius 3 is 1.04 bits per heavy atom. The molecule has 0 fully saturated rings. The van der Waals surface area contributed by atoms with Crippen LogP contribution in [-0.2, 0) is 0 Å². The summed E-state index contributed by atoms with van der Waals surface area (Å²) in [4.78, 5) is 82.9. The fourth-order valence-corrected chi connectivity index (χ4v) is 22.1. The number of halogens is 2. The van der Waals surface area contributed by atoms with E-state index in [1.54, 1.807) is 36.4 Å². The average molecular weight is 1910 g/mol. The van der Waals surface area contributed by atoms with Gasteiger partial charge in [-0.05, 0) is 178 Å². The number of fused-ring (bicyclic) bond motifs is 33. The van der Waals surface area contributed by atoms with Crippen molar-refractivity contribution in [1.29, 1.82) is 0 Å². The molecule has 0 saturated carbocycles. The summed E-state index contributed by atoms with van der Waals surface area (Å²) in [6.45, 7) is 18.6. The van der Waals surface area contributed by atoms with Gasteiger partial charge in [0, 0.05) is 156 Å². The van der Waals surface area contributed by atoms with Crippen LogP contribution in [0.1, 0.15) is 180 Å². The van der Waals surface area contributed by atoms with Crippen molar-refractivity contribution in [3.63, 3.8) is 0 Å². The van der Waals surface area contributed by atoms with Crippen molar-refractivity contribution in [3.05, 3.63) is 382 Å². The molecule has 18 nitrogen and oxygen atoms in total. The van der Waals surface area contributed by atoms with Crippen molar-refractivity contribution in [2.75, 3.05) is 19.8 Å². The Kier molecular flexibility index (Phi) is 21.6. The maximum absolute atomic E-state index is 13.4. The lowest BCUT2D eigenvalue weighted by Gasteiger charge is -2.49. The second-order valence-electron chi connectivity index (χ2n) is 37.5. The van der Waals surface area contributed by atoms with Gasteiger partial charge < -0.3 is 28.4 Å². The van der Waals surface area contributed by atoms with Gasteiger partial charge in [-0.15, -0.1) is 0 Å². The molecule has 666 valence electrons. The fraction of sp³-hybridized carbons (Fsp3) is 0.209. The van der Waals surface area contributed by atoms with Crippen LogP contribution in [0.3, 0.4) is 0 Å². The van der Waals surface area contributed by atoms with Gasteiger partial charge in [-0.2, -0.15) is 0 Å². The average Bonchev–Trinajstić information content (AvgIpc) is 0.708. The van der Waals surface area contributed by atoms with E-state index in [-0.39, 0.29) is 63.5 Å². The highest BCUT2D eigenvalue weighted by molar-refractivity contribution is 9.10. The zero-order valence-corrected chi connectivity index (χ0v) is 78.6. The number of ketones is 3. The summed E-state index contributed by atoms with van der Waals surface area (Å²) in [5.41, 5.74) is 19.3. The van der Waals surface area contributed by atoms with Gasteiger partial charge in [-0.1, -0.05) is 219 Å². The van der Waals surface area contributed by atoms with E-state index >= 15 is 0 Å². The molecule has 0 N–H and O–H groups in total. The molecule has 20 heteroatoms. The molecule has 15 aromatic carbocycles. The van der Waals surface area contributed by atoms with Crippen LogP contribution < -0.4 is 28.4 Å². The molecular formula is C115H91Br2N7O11. The summed E-state index contributed by atoms with van der Waals surface area (Å²) in [5.74, 6) is 4.32. The Labute approximate surface area is 795 Å². The summed E-state index contributed by atoms with van der Waals surface area (Å²) in [7, 11) is 0. The molecule has 135 heavy (non-hydrogen) atoms. The first-order valence-corrected chi connectivity index (χ1v) is 47.4. The van der Waals surface area contributed by atoms with Gasteiger partial charge in [0.2, 0.25) is 0 Å². The third-order valence-corrected chi connectivity index (χ3v) is 29.1. The standard InChI is InChI=1S/2C40H33BrN2O3.C35H25N3O5/c1-23(2)10-9-19-40(3)30-22-45-33-18-16-26(41)21-29(33)34(30)35-37-36(27-13-7-8-14-28(27)39(35)46-40)43-32-20-25(15-17-31(32)42-37)38(44)24-11-5-4-6-12-24;1-23(2)10-9-19-40(3)30-22-45-33-18-16-26(41)21-29(33)34(30)35-37-36(27-13-7-8-14-28(27)39(35)46-40)42-31-17-15-25(20-32(31)43-37)38(44)24-11-5-4-6-12-24;1-35(2)25-18-42-28-15-13-21(38(40)41)17-24(28)29(25)30-32-31(22-10-6-7-11-23(22)34(30)43-35)37-27-16-20(12-14-26(27)36-32)33(39)19-8-4-3-5-9-19/h2*4-8,10-18,20-21,30,34H,9,19,22H2,1-3H3;3-17,25,29H,18H2,1-2H3/t2*30-,34+,40+;25-,29+/m000/s1. The second kappa shape index (κ2) is 33.9. The number of carbonyl (C=O) groups excluding carboxylic acids is 3. The van der Waals surface area contributed by atoms with Crippen molar-refractivity contribution >= 4 is 153 Å². The predicted molar refractivity (Wildman–Crippen MR) is 537 cm³/mol. The SMILES string of the molecule is CC(C)=CCC[C@@]1(C)Oc2c(c3nc4cc(C(=O)c5ccccc5)ccc4nc3c3ccccc23)[C@@H]2c3cc(Br)ccc3OC[C@@H]21.CC(C)=CCC[C@@]1(C)Oc2c(c3nc4ccc(C(=O)c5ccccc5)cc4nc3c3ccccc23)[C@@H]2c3cc(Br)ccc3OC[C@@H]21.CC1(C)Oc2c(c3nc4ccc(C(=O)c5ccccc5)cc4nc3c3ccccc23)[C@@H]2c3cc([N+](=O)[O-])ccc3OC[C@@H]21. The molecule has 0 unspecified atom stereocenters. The van der Waals surface area contributed by atoms with Crippen LogP contribution in [0.4, 0.5) is 5.69 Å². The maximum atomic E-state index is 13.4. The van der Waals surface area contributed by atoms with Gasteiger partial charge in [-0.25, -0.2) is 29.9 Å². The molecule has 0 saturated heterocycles. The molecule has 0 aliphatic carbocycles. The summed E-state index contributed by atoms with van der Waals surface area (Å²) >= 11 is 7.48. The molecule has 0 spiro atoms. The number of ether oxygens (including phenoxy) is 6. The number of hydrogen-bond donors (Lipinski definition) is 0. The van der Waals surface area contributed by atoms with Crippen molar-refractivity contribution < 1.29 is 47.7 Å². The van der Waals surface area contributed by atoms with Crippen LogP contribution in [0.25, 0.3) is 98.5 Å². The van der Waals surface area contributed by atoms with Crippen molar-refractivity contribution in [1.82, 2.24) is 29.9 Å². The molecule has 24 rings (SSSR count). The Balaban J connectivity index is 0.000000118. The van der Waals surface area contributed by atoms with Crippen LogP contribution in [-0.4, -0.2) is 88.8 Å². The number of nitrogens with zero attached hydrogens (tertiary/aromatic N) is 7. The number of hydrogen-bond acceptors (Lipinski definition) is 17. The number of nitro groups is 1. The van der Waals surface area contributed by atoms with Gasteiger partial charge in [-0.3, -0.25) is 24.5 Å². The van der Waals surface area contributed by atoms with E-state index in [9.17, 15) is 24.5 Å². The van der Waals surface area contributed by atoms with Crippen LogP contribution >= 0.6 is 31.9 Å². The first-order chi connectivity index (χ1) is 65.4. The molecule has 6 aliphatic rings. The first-order valence-electron chi connectivity index (χ1n) is 45.8. The van der Waals surface area contributed by atoms with Gasteiger partial charge in [0.15, 0.2) is 17.3 Å². The minimum absolute atomic E-state index is 0.00564. The van der Waals surface area contributed by atoms with Crippen LogP contribution in [0.2, 0.25) is 0 Å². The second-order valence-corrected chi connectivity index (χ2v) is 39.4. The van der Waals surface area contributed by atoms with Crippen LogP contribution in [0, 0.1) is 27.9 Å². The highest BCUT2D eigenvalue weighted by Gasteiger charge is 2.55. The highest BCUT2D eigenvalue weighted by atomic mass is 79.9. The molecule has 0 bridgehead atoms. The lowest BCUT2D eigenvalue weighted by atomic mass is 9.67. The van der Waals surface area contributed by atoms with Gasteiger partial charge in [0.1, 0.15) is 51.3 Å². The normalized spacial score (nSPS) is 19.4. The molecule has 0 amide bonds. The smallest absolute Gasteiger partial charge is 0.269 e. The summed E-state index contributed by atoms with van der Waals surface area (Å²) in [5, 5.41) is 17.6. The highest BCUT2D eigenvalue weighted by Crippen LogP contribution is 2.62. The molecule has 8 atom stereocenters. The number of benzene rings is 15. The number of carbonyl (C=O) groups is 3. The Hall–Kier alpha value is -14.5. The van der Waals surface area contributed by atoms with Gasteiger partial charge >= 0.3 is 0 Å². The number of rotatable bonds is 13. The van der Waals surface area contributed by atoms with Crippen LogP contribution in [0.15, 0.2) is 305 Å². The quantitative estimate of drug-likeness (QED) is 0.0261. The van der Waals surface area contributed by atoms with E-state index in [1.807, 2.05) is 184 Å². The number of nitro benzene ring substituents is 1. The first kappa shape index (κ1) is 86.0. The van der Waals surface area contributed by atoms with Crippen molar-refractivity contribution in [2.24, 2.45) is 17.8 Å². The van der Waals surface area contributed by atoms with E-state index in [4.69, 9.17) is 58.3 Å². The zero-order chi connectivity index (χ0) is 92.6. The largest absolute Gasteiger partial charge is 0.493 e. The topological polar surface area (TPSA) is 227 Å². The molecule has 9 heterocycles. The molecular weight excluding hydrogens is 1820 g/mol. The van der Waals surface area contributed by atoms with Gasteiger partial charge in [0.25, 0.3) is 5.69 Å². The Morgan fingerprint density at radius 1 is 0.356 bits per heavy atom. The number of aromatic nitrogens is 6. The van der Waals surface area contributed by atoms with E-state index in [0.717, 1.165) is 156 Å². The van der Waals surface area contributed by atoms with Crippen LogP contribution in [0.5, 0.6) is 34.5 Å². The van der Waals surface area contributed by atoms with E-state index in [0.29, 0.717) is 97.8 Å². The third-order valence-electron chi connectivity index (χ3n) is 28.1. The lowest BCUT2D eigenvalue weighted by molar-refractivity contribution is -0.385. The lowest BCUT2D eigenvalue weighted by Crippen LogP contribution is -2.51. The van der Waals surface area contributed by atoms with E-state index in [1.165, 1.54) is 17.2 Å². The summed E-state index contributed by atoms with van der Waals surface area (Å²) in [6.07, 6.45) is 8.13. The third kappa shape index (κ3) is 15.1. The van der Waals surface area contributed by atoms with Gasteiger partial charge in [0.05, 0.1) is 90.9 Å². The fourth-order valence-electron chi connectivity index (χ4n) is 21.3. The maximum Gasteiger partial charge on any atom is 0.269 e. The molecule has 0 radical (unpaired) electrons. The van der Waals surface area contributed by atoms with Crippen molar-refractivity contribution in [2.45, 2.75) is 116 Å². The zero-order valence-electron chi connectivity index (χ0n) is 75.4. The molecule has 6 aliphatic heterocycles. The minimum Gasteiger partial charge on any atom is -0.493 e. The number of allylic oxidation sites excluding steroid dienone is 4. The predicted octanol–water partition coefficient (Wildman–Crippen LogP) is 27.3. The molecule has 18 aromatic rings. The van der Waals surface area contributed by atoms with E-state index in [2.05, 4.69) is 146 Å². The monoisotopic (exact) mass is 1900 g/mol. The summed E-state index contributed by atoms with van der Waals surface area (Å²) in [6, 6.07) is 86.5. The molecule has 3 aromatic heterocycles. The summed E-state index contributed by atoms with van der Waals surface area (Å²) < 4.78 is 42.3. The van der Waals surface area contributed by atoms with Crippen molar-refractivity contribution in [3.8, 4) is 34.5 Å². The Bertz CT molecular complexity index is 8110. The Morgan fingerprint density at radius 2 is 0.667 bits per heavy atom. The minimum atomic E-state index is -0.632. The van der Waals surface area contributed by atoms with E-state index < -0.39 is 16.8 Å². The number of non-ortho nitro benzene ring substituents is 1.